The number of halogens is 1. The van der Waals surface area contributed by atoms with Gasteiger partial charge in [0.25, 0.3) is 0 Å². The van der Waals surface area contributed by atoms with Crippen LogP contribution in [-0.4, -0.2) is 9.97 Å². The van der Waals surface area contributed by atoms with Gasteiger partial charge in [-0.1, -0.05) is 15.9 Å². The van der Waals surface area contributed by atoms with E-state index in [0.29, 0.717) is 11.8 Å². The second kappa shape index (κ2) is 4.71. The van der Waals surface area contributed by atoms with E-state index in [1.165, 1.54) is 0 Å². The average Bonchev–Trinajstić information content (AvgIpc) is 2.22. The number of benzene rings is 1. The number of aryl methyl sites for hydroxylation is 2. The highest BCUT2D eigenvalue weighted by atomic mass is 79.9. The van der Waals surface area contributed by atoms with Gasteiger partial charge in [-0.25, -0.2) is 4.98 Å². The number of anilines is 3. The molecule has 0 atom stereocenters. The first kappa shape index (κ1) is 11.9. The number of nitrogens with two attached hydrogens (primary N) is 1. The van der Waals surface area contributed by atoms with Crippen LogP contribution < -0.4 is 11.1 Å². The summed E-state index contributed by atoms with van der Waals surface area (Å²) in [6.07, 6.45) is 0. The molecule has 17 heavy (non-hydrogen) atoms. The first-order valence-corrected chi connectivity index (χ1v) is 5.98. The SMILES string of the molecule is Cc1cc(N)nc(Nc2ccc(Br)c(C)c2)n1. The summed E-state index contributed by atoms with van der Waals surface area (Å²) in [4.78, 5) is 8.39. The highest BCUT2D eigenvalue weighted by molar-refractivity contribution is 9.10. The molecule has 0 saturated carbocycles. The van der Waals surface area contributed by atoms with Crippen molar-refractivity contribution < 1.29 is 0 Å². The van der Waals surface area contributed by atoms with Gasteiger partial charge in [-0.3, -0.25) is 0 Å². The van der Waals surface area contributed by atoms with Gasteiger partial charge in [0.2, 0.25) is 5.95 Å². The van der Waals surface area contributed by atoms with Crippen LogP contribution in [0, 0.1) is 13.8 Å². The maximum Gasteiger partial charge on any atom is 0.229 e. The Morgan fingerprint density at radius 1 is 1.18 bits per heavy atom. The molecule has 0 spiro atoms. The molecule has 1 aromatic carbocycles. The quantitative estimate of drug-likeness (QED) is 0.892. The third-order valence-electron chi connectivity index (χ3n) is 2.29. The molecular formula is C12H13BrN4. The second-order valence-corrected chi connectivity index (χ2v) is 4.70. The van der Waals surface area contributed by atoms with Gasteiger partial charge < -0.3 is 11.1 Å². The summed E-state index contributed by atoms with van der Waals surface area (Å²) in [6, 6.07) is 7.69. The summed E-state index contributed by atoms with van der Waals surface area (Å²) in [5.41, 5.74) is 8.60. The zero-order valence-corrected chi connectivity index (χ0v) is 11.2. The fourth-order valence-electron chi connectivity index (χ4n) is 1.50. The fraction of sp³-hybridized carbons (Fsp3) is 0.167. The van der Waals surface area contributed by atoms with Gasteiger partial charge in [-0.15, -0.1) is 0 Å². The minimum Gasteiger partial charge on any atom is -0.384 e. The van der Waals surface area contributed by atoms with Gasteiger partial charge in [0.15, 0.2) is 0 Å². The van der Waals surface area contributed by atoms with Crippen LogP contribution in [0.15, 0.2) is 28.7 Å². The molecule has 1 aromatic heterocycles. The summed E-state index contributed by atoms with van der Waals surface area (Å²) >= 11 is 3.46. The molecule has 0 unspecified atom stereocenters. The molecule has 0 radical (unpaired) electrons. The predicted octanol–water partition coefficient (Wildman–Crippen LogP) is 3.18. The highest BCUT2D eigenvalue weighted by Crippen LogP contribution is 2.22. The number of hydrogen-bond donors (Lipinski definition) is 2. The molecule has 1 heterocycles. The lowest BCUT2D eigenvalue weighted by Gasteiger charge is -2.07. The van der Waals surface area contributed by atoms with Crippen molar-refractivity contribution in [3.8, 4) is 0 Å². The Labute approximate surface area is 108 Å². The van der Waals surface area contributed by atoms with Crippen molar-refractivity contribution in [1.82, 2.24) is 9.97 Å². The molecule has 3 N–H and O–H groups in total. The first-order chi connectivity index (χ1) is 8.04. The van der Waals surface area contributed by atoms with Gasteiger partial charge in [0.05, 0.1) is 0 Å². The summed E-state index contributed by atoms with van der Waals surface area (Å²) < 4.78 is 1.08. The van der Waals surface area contributed by atoms with Crippen molar-refractivity contribution in [3.05, 3.63) is 40.0 Å². The van der Waals surface area contributed by atoms with Gasteiger partial charge in [-0.2, -0.15) is 4.98 Å². The molecule has 2 rings (SSSR count). The molecule has 4 nitrogen and oxygen atoms in total. The van der Waals surface area contributed by atoms with Gasteiger partial charge >= 0.3 is 0 Å². The van der Waals surface area contributed by atoms with E-state index in [1.807, 2.05) is 32.0 Å². The maximum atomic E-state index is 5.67. The van der Waals surface area contributed by atoms with Crippen LogP contribution in [0.25, 0.3) is 0 Å². The Bertz CT molecular complexity index is 534. The number of nitrogen functional groups attached to an aromatic ring is 1. The summed E-state index contributed by atoms with van der Waals surface area (Å²) in [5, 5.41) is 3.13. The Balaban J connectivity index is 2.28. The van der Waals surface area contributed by atoms with Crippen molar-refractivity contribution in [2.24, 2.45) is 0 Å². The number of hydrogen-bond acceptors (Lipinski definition) is 4. The van der Waals surface area contributed by atoms with E-state index in [2.05, 4.69) is 31.2 Å². The molecule has 5 heteroatoms. The second-order valence-electron chi connectivity index (χ2n) is 3.85. The fourth-order valence-corrected chi connectivity index (χ4v) is 1.75. The van der Waals surface area contributed by atoms with Crippen LogP contribution >= 0.6 is 15.9 Å². The average molecular weight is 293 g/mol. The molecule has 88 valence electrons. The number of aromatic nitrogens is 2. The third kappa shape index (κ3) is 2.94. The zero-order valence-electron chi connectivity index (χ0n) is 9.66. The maximum absolute atomic E-state index is 5.67. The van der Waals surface area contributed by atoms with Crippen molar-refractivity contribution in [2.75, 3.05) is 11.1 Å². The van der Waals surface area contributed by atoms with Gasteiger partial charge in [-0.05, 0) is 37.6 Å². The minimum atomic E-state index is 0.467. The molecule has 0 saturated heterocycles. The Morgan fingerprint density at radius 3 is 2.59 bits per heavy atom. The monoisotopic (exact) mass is 292 g/mol. The Morgan fingerprint density at radius 2 is 1.94 bits per heavy atom. The molecule has 0 amide bonds. The van der Waals surface area contributed by atoms with Crippen LogP contribution in [0.5, 0.6) is 0 Å². The van der Waals surface area contributed by atoms with Crippen molar-refractivity contribution in [1.29, 1.82) is 0 Å². The smallest absolute Gasteiger partial charge is 0.229 e. The summed E-state index contributed by atoms with van der Waals surface area (Å²) in [6.45, 7) is 3.91. The Kier molecular flexibility index (Phi) is 3.28. The lowest BCUT2D eigenvalue weighted by atomic mass is 10.2. The zero-order chi connectivity index (χ0) is 12.4. The van der Waals surface area contributed by atoms with E-state index in [4.69, 9.17) is 5.73 Å². The third-order valence-corrected chi connectivity index (χ3v) is 3.18. The predicted molar refractivity (Wildman–Crippen MR) is 73.3 cm³/mol. The van der Waals surface area contributed by atoms with E-state index in [0.717, 1.165) is 21.4 Å². The van der Waals surface area contributed by atoms with Crippen LogP contribution in [0.3, 0.4) is 0 Å². The van der Waals surface area contributed by atoms with E-state index in [1.54, 1.807) is 6.07 Å². The Hall–Kier alpha value is -1.62. The van der Waals surface area contributed by atoms with Crippen LogP contribution in [0.2, 0.25) is 0 Å². The summed E-state index contributed by atoms with van der Waals surface area (Å²) in [5.74, 6) is 0.984. The first-order valence-electron chi connectivity index (χ1n) is 5.19. The molecule has 0 aliphatic carbocycles. The topological polar surface area (TPSA) is 63.8 Å². The van der Waals surface area contributed by atoms with Gasteiger partial charge in [0, 0.05) is 21.9 Å². The van der Waals surface area contributed by atoms with Crippen molar-refractivity contribution in [3.63, 3.8) is 0 Å². The van der Waals surface area contributed by atoms with E-state index in [9.17, 15) is 0 Å². The normalized spacial score (nSPS) is 10.3. The highest BCUT2D eigenvalue weighted by Gasteiger charge is 2.02. The molecular weight excluding hydrogens is 280 g/mol. The number of nitrogens with zero attached hydrogens (tertiary/aromatic N) is 2. The van der Waals surface area contributed by atoms with Gasteiger partial charge in [0.1, 0.15) is 5.82 Å². The largest absolute Gasteiger partial charge is 0.384 e. The molecule has 2 aromatic rings. The number of rotatable bonds is 2. The lowest BCUT2D eigenvalue weighted by Crippen LogP contribution is -2.01. The minimum absolute atomic E-state index is 0.467. The van der Waals surface area contributed by atoms with E-state index in [-0.39, 0.29) is 0 Å². The van der Waals surface area contributed by atoms with E-state index >= 15 is 0 Å². The summed E-state index contributed by atoms with van der Waals surface area (Å²) in [7, 11) is 0. The van der Waals surface area contributed by atoms with E-state index < -0.39 is 0 Å². The molecule has 0 bridgehead atoms. The molecule has 0 aliphatic rings. The molecule has 0 aliphatic heterocycles. The molecule has 0 fully saturated rings. The number of nitrogens with one attached hydrogen (secondary N) is 1. The van der Waals surface area contributed by atoms with Crippen molar-refractivity contribution >= 4 is 33.4 Å². The van der Waals surface area contributed by atoms with Crippen molar-refractivity contribution in [2.45, 2.75) is 13.8 Å². The van der Waals surface area contributed by atoms with Crippen LogP contribution in [-0.2, 0) is 0 Å². The lowest BCUT2D eigenvalue weighted by molar-refractivity contribution is 1.11. The van der Waals surface area contributed by atoms with Crippen LogP contribution in [0.4, 0.5) is 17.5 Å². The standard InChI is InChI=1S/C12H13BrN4/c1-7-5-9(3-4-10(7)13)16-12-15-8(2)6-11(14)17-12/h3-6H,1-2H3,(H3,14,15,16,17). The van der Waals surface area contributed by atoms with Crippen LogP contribution in [0.1, 0.15) is 11.3 Å².